The van der Waals surface area contributed by atoms with Crippen LogP contribution >= 0.6 is 0 Å². The van der Waals surface area contributed by atoms with Crippen molar-refractivity contribution >= 4 is 11.9 Å². The molecular weight excluding hydrogens is 222 g/mol. The molecule has 3 rings (SSSR count). The Balaban J connectivity index is 2.24. The number of rotatable bonds is 1. The average molecular weight is 239 g/mol. The second-order valence-electron chi connectivity index (χ2n) is 4.76. The summed E-state index contributed by atoms with van der Waals surface area (Å²) in [7, 11) is 0. The van der Waals surface area contributed by atoms with E-state index in [0.29, 0.717) is 6.54 Å². The molecule has 1 aliphatic rings. The summed E-state index contributed by atoms with van der Waals surface area (Å²) >= 11 is 0. The fourth-order valence-electron chi connectivity index (χ4n) is 2.64. The molecule has 0 aliphatic carbocycles. The minimum Gasteiger partial charge on any atom is -0.338 e. The van der Waals surface area contributed by atoms with Crippen LogP contribution in [0.15, 0.2) is 29.3 Å². The first-order valence-electron chi connectivity index (χ1n) is 6.23. The number of nitrogens with zero attached hydrogens (tertiary/aromatic N) is 2. The third-order valence-electron chi connectivity index (χ3n) is 3.84. The van der Waals surface area contributed by atoms with Crippen LogP contribution in [-0.4, -0.2) is 10.8 Å². The normalized spacial score (nSPS) is 13.1. The number of aromatic nitrogens is 1. The number of fused-ring (bicyclic) bond motifs is 2. The molecule has 1 aromatic heterocycles. The highest BCUT2D eigenvalue weighted by atomic mass is 15.0. The minimum absolute atomic E-state index is 0.572. The van der Waals surface area contributed by atoms with Crippen molar-refractivity contribution in [3.63, 3.8) is 0 Å². The molecule has 0 atom stereocenters. The molecular formula is C15H17N3. The van der Waals surface area contributed by atoms with Gasteiger partial charge in [-0.1, -0.05) is 18.2 Å². The van der Waals surface area contributed by atoms with Gasteiger partial charge in [0.1, 0.15) is 0 Å². The Morgan fingerprint density at radius 2 is 2.00 bits per heavy atom. The first kappa shape index (κ1) is 11.2. The first-order valence-corrected chi connectivity index (χ1v) is 6.23. The zero-order valence-electron chi connectivity index (χ0n) is 10.8. The number of aliphatic imine (C=N–C) groups is 1. The second-order valence-corrected chi connectivity index (χ2v) is 4.76. The molecule has 0 unspecified atom stereocenters. The van der Waals surface area contributed by atoms with E-state index in [2.05, 4.69) is 41.6 Å². The van der Waals surface area contributed by atoms with Crippen LogP contribution in [0.4, 0.5) is 5.69 Å². The molecule has 0 spiro atoms. The third kappa shape index (κ3) is 1.51. The van der Waals surface area contributed by atoms with Gasteiger partial charge in [-0.05, 0) is 36.6 Å². The van der Waals surface area contributed by atoms with Crippen LogP contribution in [0.1, 0.15) is 28.1 Å². The maximum atomic E-state index is 5.89. The second kappa shape index (κ2) is 4.10. The van der Waals surface area contributed by atoms with Gasteiger partial charge in [-0.3, -0.25) is 4.99 Å². The van der Waals surface area contributed by atoms with Gasteiger partial charge < -0.3 is 10.3 Å². The first-order chi connectivity index (χ1) is 8.72. The molecule has 0 saturated heterocycles. The van der Waals surface area contributed by atoms with Crippen LogP contribution in [0.3, 0.4) is 0 Å². The van der Waals surface area contributed by atoms with Crippen LogP contribution in [0.5, 0.6) is 0 Å². The van der Waals surface area contributed by atoms with E-state index < -0.39 is 0 Å². The van der Waals surface area contributed by atoms with E-state index >= 15 is 0 Å². The highest BCUT2D eigenvalue weighted by molar-refractivity contribution is 5.84. The molecule has 18 heavy (non-hydrogen) atoms. The summed E-state index contributed by atoms with van der Waals surface area (Å²) in [5.74, 6) is 0. The van der Waals surface area contributed by atoms with E-state index in [1.54, 1.807) is 0 Å². The molecule has 1 aromatic carbocycles. The van der Waals surface area contributed by atoms with Gasteiger partial charge in [-0.15, -0.1) is 0 Å². The summed E-state index contributed by atoms with van der Waals surface area (Å²) in [5.41, 5.74) is 13.2. The largest absolute Gasteiger partial charge is 0.338 e. The summed E-state index contributed by atoms with van der Waals surface area (Å²) in [5, 5.41) is 0. The number of hydrogen-bond donors (Lipinski definition) is 1. The molecule has 2 N–H and O–H groups in total. The molecule has 0 saturated carbocycles. The summed E-state index contributed by atoms with van der Waals surface area (Å²) in [4.78, 5) is 4.59. The zero-order valence-corrected chi connectivity index (χ0v) is 10.8. The van der Waals surface area contributed by atoms with Gasteiger partial charge in [-0.2, -0.15) is 0 Å². The predicted octanol–water partition coefficient (Wildman–Crippen LogP) is 2.68. The molecule has 0 bridgehead atoms. The maximum Gasteiger partial charge on any atom is 0.0680 e. The number of para-hydroxylation sites is 1. The molecule has 0 amide bonds. The Morgan fingerprint density at radius 3 is 2.78 bits per heavy atom. The van der Waals surface area contributed by atoms with Crippen LogP contribution in [0.2, 0.25) is 0 Å². The lowest BCUT2D eigenvalue weighted by atomic mass is 10.1. The third-order valence-corrected chi connectivity index (χ3v) is 3.84. The topological polar surface area (TPSA) is 43.3 Å². The Labute approximate surface area is 107 Å². The van der Waals surface area contributed by atoms with E-state index in [1.807, 2.05) is 12.3 Å². The number of benzene rings is 1. The lowest BCUT2D eigenvalue weighted by Gasteiger charge is -2.10. The van der Waals surface area contributed by atoms with Gasteiger partial charge >= 0.3 is 0 Å². The van der Waals surface area contributed by atoms with E-state index in [9.17, 15) is 0 Å². The van der Waals surface area contributed by atoms with Gasteiger partial charge in [0.15, 0.2) is 0 Å². The van der Waals surface area contributed by atoms with Crippen molar-refractivity contribution in [2.24, 2.45) is 10.7 Å². The summed E-state index contributed by atoms with van der Waals surface area (Å²) in [6.07, 6.45) is 1.97. The van der Waals surface area contributed by atoms with E-state index in [1.165, 1.54) is 28.1 Å². The van der Waals surface area contributed by atoms with Gasteiger partial charge in [0.25, 0.3) is 0 Å². The van der Waals surface area contributed by atoms with E-state index in [0.717, 1.165) is 12.2 Å². The van der Waals surface area contributed by atoms with Crippen molar-refractivity contribution in [2.75, 3.05) is 0 Å². The Morgan fingerprint density at radius 1 is 1.22 bits per heavy atom. The van der Waals surface area contributed by atoms with Crippen molar-refractivity contribution in [1.29, 1.82) is 0 Å². The van der Waals surface area contributed by atoms with Crippen molar-refractivity contribution < 1.29 is 0 Å². The number of hydrogen-bond acceptors (Lipinski definition) is 2. The molecule has 2 aromatic rings. The van der Waals surface area contributed by atoms with Crippen LogP contribution in [0, 0.1) is 13.8 Å². The lowest BCUT2D eigenvalue weighted by Crippen LogP contribution is -2.10. The monoisotopic (exact) mass is 239 g/mol. The molecule has 0 radical (unpaired) electrons. The van der Waals surface area contributed by atoms with Crippen LogP contribution in [0.25, 0.3) is 0 Å². The Bertz CT molecular complexity index is 635. The fraction of sp³-hybridized carbons (Fsp3) is 0.267. The molecule has 92 valence electrons. The maximum absolute atomic E-state index is 5.89. The van der Waals surface area contributed by atoms with Crippen molar-refractivity contribution in [2.45, 2.75) is 26.9 Å². The van der Waals surface area contributed by atoms with Gasteiger partial charge in [-0.25, -0.2) is 0 Å². The predicted molar refractivity (Wildman–Crippen MR) is 74.6 cm³/mol. The van der Waals surface area contributed by atoms with Crippen molar-refractivity contribution in [3.8, 4) is 0 Å². The summed E-state index contributed by atoms with van der Waals surface area (Å²) in [6.45, 7) is 5.70. The summed E-state index contributed by atoms with van der Waals surface area (Å²) in [6, 6.07) is 8.28. The molecule has 0 fully saturated rings. The Kier molecular flexibility index (Phi) is 2.56. The highest BCUT2D eigenvalue weighted by Gasteiger charge is 2.18. The van der Waals surface area contributed by atoms with E-state index in [4.69, 9.17) is 5.73 Å². The van der Waals surface area contributed by atoms with Crippen molar-refractivity contribution in [3.05, 3.63) is 52.3 Å². The minimum atomic E-state index is 0.572. The zero-order chi connectivity index (χ0) is 12.7. The van der Waals surface area contributed by atoms with Gasteiger partial charge in [0, 0.05) is 12.2 Å². The van der Waals surface area contributed by atoms with Crippen molar-refractivity contribution in [1.82, 2.24) is 4.57 Å². The smallest absolute Gasteiger partial charge is 0.0680 e. The molecule has 1 aliphatic heterocycles. The van der Waals surface area contributed by atoms with E-state index in [-0.39, 0.29) is 0 Å². The van der Waals surface area contributed by atoms with Gasteiger partial charge in [0.05, 0.1) is 24.1 Å². The average Bonchev–Trinajstić information content (AvgIpc) is 2.55. The van der Waals surface area contributed by atoms with Crippen LogP contribution in [-0.2, 0) is 13.1 Å². The quantitative estimate of drug-likeness (QED) is 0.697. The molecule has 2 heterocycles. The standard InChI is InChI=1S/C15H17N3/c1-10-11(2)15-8-17-13-6-4-3-5-12(13)9-18(15)14(10)7-16/h3-6,8H,7,9,16H2,1-2H3. The van der Waals surface area contributed by atoms with Gasteiger partial charge in [0.2, 0.25) is 0 Å². The lowest BCUT2D eigenvalue weighted by molar-refractivity contribution is 0.739. The fourth-order valence-corrected chi connectivity index (χ4v) is 2.64. The molecule has 3 heteroatoms. The number of nitrogens with two attached hydrogens (primary N) is 1. The van der Waals surface area contributed by atoms with Crippen LogP contribution < -0.4 is 5.73 Å². The Hall–Kier alpha value is -1.87. The molecule has 3 nitrogen and oxygen atoms in total. The SMILES string of the molecule is Cc1c(C)c(CN)n2c1C=Nc1ccccc1C2. The summed E-state index contributed by atoms with van der Waals surface area (Å²) < 4.78 is 2.29. The highest BCUT2D eigenvalue weighted by Crippen LogP contribution is 2.28.